The highest BCUT2D eigenvalue weighted by Crippen LogP contribution is 2.30. The maximum Gasteiger partial charge on any atom is 0.254 e. The number of rotatable bonds is 7. The van der Waals surface area contributed by atoms with Crippen LogP contribution in [0.2, 0.25) is 0 Å². The minimum atomic E-state index is -0.481. The number of carbonyl (C=O) groups is 1. The van der Waals surface area contributed by atoms with Gasteiger partial charge in [0.2, 0.25) is 0 Å². The first-order valence-corrected chi connectivity index (χ1v) is 11.1. The molecule has 176 valence electrons. The Hall–Kier alpha value is -3.36. The number of nitrogens with zero attached hydrogens (tertiary/aromatic N) is 3. The van der Waals surface area contributed by atoms with Crippen molar-refractivity contribution in [3.63, 3.8) is 0 Å². The van der Waals surface area contributed by atoms with Gasteiger partial charge in [-0.05, 0) is 61.8 Å². The second-order valence-corrected chi connectivity index (χ2v) is 8.17. The number of carbonyl (C=O) groups excluding carboxylic acids is 1. The number of hydrogen-bond donors (Lipinski definition) is 3. The second kappa shape index (κ2) is 11.5. The van der Waals surface area contributed by atoms with E-state index in [0.717, 1.165) is 42.0 Å². The van der Waals surface area contributed by atoms with Crippen LogP contribution >= 0.6 is 0 Å². The quantitative estimate of drug-likeness (QED) is 0.510. The molecular weight excluding hydrogens is 418 g/mol. The van der Waals surface area contributed by atoms with Gasteiger partial charge in [0.05, 0.1) is 12.8 Å². The Labute approximate surface area is 195 Å². The number of aryl methyl sites for hydroxylation is 3. The molecule has 2 aromatic carbocycles. The van der Waals surface area contributed by atoms with Gasteiger partial charge in [0, 0.05) is 18.8 Å². The molecule has 0 spiro atoms. The van der Waals surface area contributed by atoms with Gasteiger partial charge in [0.1, 0.15) is 23.7 Å². The molecule has 33 heavy (non-hydrogen) atoms. The summed E-state index contributed by atoms with van der Waals surface area (Å²) in [5.74, 6) is 1.02. The summed E-state index contributed by atoms with van der Waals surface area (Å²) in [6.07, 6.45) is 3.38. The van der Waals surface area contributed by atoms with E-state index >= 15 is 0 Å². The van der Waals surface area contributed by atoms with Crippen LogP contribution in [0.15, 0.2) is 48.7 Å². The summed E-state index contributed by atoms with van der Waals surface area (Å²) in [7, 11) is 4.03. The van der Waals surface area contributed by atoms with Gasteiger partial charge in [0.25, 0.3) is 5.91 Å². The van der Waals surface area contributed by atoms with Crippen molar-refractivity contribution in [1.82, 2.24) is 14.7 Å². The third-order valence-electron chi connectivity index (χ3n) is 5.45. The Kier molecular flexibility index (Phi) is 8.46. The molecule has 0 saturated heterocycles. The Morgan fingerprint density at radius 1 is 1.21 bits per heavy atom. The molecule has 0 fully saturated rings. The fraction of sp³-hybridized carbons (Fsp3) is 0.360. The lowest BCUT2D eigenvalue weighted by atomic mass is 10.1. The molecule has 0 atom stereocenters. The predicted molar refractivity (Wildman–Crippen MR) is 130 cm³/mol. The van der Waals surface area contributed by atoms with E-state index in [4.69, 9.17) is 15.6 Å². The van der Waals surface area contributed by atoms with Crippen LogP contribution in [0.3, 0.4) is 0 Å². The molecule has 3 aromatic rings. The minimum Gasteiger partial charge on any atom is -0.492 e. The van der Waals surface area contributed by atoms with Crippen molar-refractivity contribution in [2.45, 2.75) is 32.9 Å². The van der Waals surface area contributed by atoms with Gasteiger partial charge < -0.3 is 25.8 Å². The van der Waals surface area contributed by atoms with E-state index in [1.165, 1.54) is 11.8 Å². The molecular formula is C25H33N5O3. The molecule has 0 saturated carbocycles. The lowest BCUT2D eigenvalue weighted by Crippen LogP contribution is -2.19. The van der Waals surface area contributed by atoms with E-state index in [1.807, 2.05) is 56.6 Å². The number of aliphatic hydroxyl groups excluding tert-OH is 1. The van der Waals surface area contributed by atoms with Crippen LogP contribution in [0.1, 0.15) is 34.0 Å². The van der Waals surface area contributed by atoms with E-state index in [9.17, 15) is 4.79 Å². The van der Waals surface area contributed by atoms with Crippen LogP contribution in [0, 0.1) is 0 Å². The summed E-state index contributed by atoms with van der Waals surface area (Å²) in [5, 5.41) is 16.2. The normalized spacial score (nSPS) is 12.0. The smallest absolute Gasteiger partial charge is 0.254 e. The van der Waals surface area contributed by atoms with Crippen LogP contribution in [0.5, 0.6) is 5.75 Å². The highest BCUT2D eigenvalue weighted by molar-refractivity contribution is 5.98. The third-order valence-corrected chi connectivity index (χ3v) is 5.45. The van der Waals surface area contributed by atoms with Gasteiger partial charge in [-0.1, -0.05) is 31.2 Å². The summed E-state index contributed by atoms with van der Waals surface area (Å²) < 4.78 is 7.55. The van der Waals surface area contributed by atoms with Gasteiger partial charge in [-0.2, -0.15) is 5.10 Å². The average Bonchev–Trinajstić information content (AvgIpc) is 3.13. The average molecular weight is 452 g/mol. The Morgan fingerprint density at radius 2 is 1.94 bits per heavy atom. The molecule has 8 nitrogen and oxygen atoms in total. The highest BCUT2D eigenvalue weighted by atomic mass is 16.5. The number of benzene rings is 2. The lowest BCUT2D eigenvalue weighted by molar-refractivity contribution is 0.100. The monoisotopic (exact) mass is 451 g/mol. The fourth-order valence-corrected chi connectivity index (χ4v) is 3.44. The van der Waals surface area contributed by atoms with E-state index in [-0.39, 0.29) is 6.61 Å². The number of nitrogens with one attached hydrogen (secondary N) is 1. The molecule has 4 N–H and O–H groups in total. The molecule has 1 aliphatic heterocycles. The molecule has 4 rings (SSSR count). The molecule has 8 heteroatoms. The first-order chi connectivity index (χ1) is 15.9. The van der Waals surface area contributed by atoms with Crippen LogP contribution in [-0.4, -0.2) is 52.9 Å². The van der Waals surface area contributed by atoms with Crippen molar-refractivity contribution in [1.29, 1.82) is 0 Å². The van der Waals surface area contributed by atoms with Crippen molar-refractivity contribution >= 4 is 17.4 Å². The summed E-state index contributed by atoms with van der Waals surface area (Å²) in [6, 6.07) is 13.9. The van der Waals surface area contributed by atoms with Crippen LogP contribution in [0.4, 0.5) is 11.5 Å². The number of ether oxygens (including phenoxy) is 1. The number of aromatic nitrogens is 2. The third kappa shape index (κ3) is 6.57. The number of likely N-dealkylation sites (N-methyl/N-ethyl adjacent to an activating group) is 1. The number of fused-ring (bicyclic) bond motifs is 2. The van der Waals surface area contributed by atoms with Gasteiger partial charge in [-0.25, -0.2) is 4.68 Å². The minimum absolute atomic E-state index is 0.143. The molecule has 0 radical (unpaired) electrons. The summed E-state index contributed by atoms with van der Waals surface area (Å²) in [4.78, 5) is 13.6. The first kappa shape index (κ1) is 24.3. The molecule has 2 heterocycles. The van der Waals surface area contributed by atoms with Crippen molar-refractivity contribution < 1.29 is 14.6 Å². The molecule has 1 aliphatic rings. The van der Waals surface area contributed by atoms with E-state index in [1.54, 1.807) is 4.68 Å². The summed E-state index contributed by atoms with van der Waals surface area (Å²) in [6.45, 7) is 4.46. The predicted octanol–water partition coefficient (Wildman–Crippen LogP) is 2.96. The molecule has 0 unspecified atom stereocenters. The number of anilines is 2. The number of aliphatic hydroxyl groups is 1. The van der Waals surface area contributed by atoms with E-state index in [0.29, 0.717) is 24.5 Å². The van der Waals surface area contributed by atoms with Crippen LogP contribution in [-0.2, 0) is 26.0 Å². The van der Waals surface area contributed by atoms with Gasteiger partial charge in [-0.3, -0.25) is 4.79 Å². The molecule has 0 bridgehead atoms. The van der Waals surface area contributed by atoms with Crippen molar-refractivity contribution in [2.24, 2.45) is 5.73 Å². The van der Waals surface area contributed by atoms with Crippen molar-refractivity contribution in [2.75, 3.05) is 32.6 Å². The van der Waals surface area contributed by atoms with Gasteiger partial charge in [-0.15, -0.1) is 0 Å². The lowest BCUT2D eigenvalue weighted by Gasteiger charge is -2.13. The first-order valence-electron chi connectivity index (χ1n) is 11.1. The van der Waals surface area contributed by atoms with Crippen molar-refractivity contribution in [3.8, 4) is 5.75 Å². The molecule has 1 amide bonds. The molecule has 1 aromatic heterocycles. The highest BCUT2D eigenvalue weighted by Gasteiger charge is 2.20. The summed E-state index contributed by atoms with van der Waals surface area (Å²) in [5.41, 5.74) is 10.2. The van der Waals surface area contributed by atoms with E-state index < -0.39 is 5.91 Å². The zero-order chi connectivity index (χ0) is 23.8. The van der Waals surface area contributed by atoms with E-state index in [2.05, 4.69) is 22.2 Å². The van der Waals surface area contributed by atoms with Crippen molar-refractivity contribution in [3.05, 3.63) is 70.9 Å². The molecule has 0 aliphatic carbocycles. The largest absolute Gasteiger partial charge is 0.492 e. The Morgan fingerprint density at radius 3 is 2.58 bits per heavy atom. The van der Waals surface area contributed by atoms with Crippen LogP contribution in [0.25, 0.3) is 0 Å². The SMILES string of the molecule is CCc1ccc(CO)cc1.CN(C)CCOc1ccc2c(c1)CCn1ncc(C(N)=O)c1N2. The Bertz CT molecular complexity index is 1040. The topological polar surface area (TPSA) is 106 Å². The summed E-state index contributed by atoms with van der Waals surface area (Å²) >= 11 is 0. The van der Waals surface area contributed by atoms with Gasteiger partial charge >= 0.3 is 0 Å². The zero-order valence-electron chi connectivity index (χ0n) is 19.5. The number of hydrogen-bond acceptors (Lipinski definition) is 6. The number of amides is 1. The number of nitrogens with two attached hydrogens (primary N) is 1. The number of primary amides is 1. The maximum atomic E-state index is 11.5. The second-order valence-electron chi connectivity index (χ2n) is 8.17. The Balaban J connectivity index is 0.000000257. The van der Waals surface area contributed by atoms with Crippen LogP contribution < -0.4 is 15.8 Å². The zero-order valence-corrected chi connectivity index (χ0v) is 19.5. The standard InChI is InChI=1S/C16H21N5O2.C9H12O/c1-20(2)7-8-23-12-3-4-14-11(9-12)5-6-21-16(19-14)13(10-18-21)15(17)22;1-2-8-3-5-9(7-10)6-4-8/h3-4,9-10,19H,5-8H2,1-2H3,(H2,17,22);3-6,10H,2,7H2,1H3. The van der Waals surface area contributed by atoms with Gasteiger partial charge in [0.15, 0.2) is 0 Å². The fourth-order valence-electron chi connectivity index (χ4n) is 3.44. The maximum absolute atomic E-state index is 11.5.